The molecule has 0 unspecified atom stereocenters. The van der Waals surface area contributed by atoms with Crippen molar-refractivity contribution in [3.8, 4) is 6.07 Å². The Kier molecular flexibility index (Phi) is 6.94. The number of nitriles is 1. The third-order valence-corrected chi connectivity index (χ3v) is 7.65. The van der Waals surface area contributed by atoms with Crippen LogP contribution in [0, 0.1) is 11.3 Å². The van der Waals surface area contributed by atoms with Crippen LogP contribution in [0.25, 0.3) is 10.9 Å². The minimum atomic E-state index is -0.232. The minimum absolute atomic E-state index is 0.0813. The van der Waals surface area contributed by atoms with Gasteiger partial charge >= 0.3 is 0 Å². The van der Waals surface area contributed by atoms with Crippen molar-refractivity contribution >= 4 is 44.9 Å². The van der Waals surface area contributed by atoms with Gasteiger partial charge in [-0.25, -0.2) is 4.98 Å². The van der Waals surface area contributed by atoms with Gasteiger partial charge in [0, 0.05) is 12.0 Å². The van der Waals surface area contributed by atoms with E-state index in [9.17, 15) is 14.9 Å². The second kappa shape index (κ2) is 9.86. The standard InChI is InChI=1S/C23H24N4O3S2/c1-14(12-30-2)27-22(29)16-8-3-5-9-18(16)25-23(27)31-13-20(28)26-21-17(11-24)15-7-4-6-10-19(15)32-21/h3,5,8-9,14H,4,6-7,10,12-13H2,1-2H3,(H,26,28)/t14-/m1/s1. The fourth-order valence-corrected chi connectivity index (χ4v) is 6.15. The number of nitrogens with one attached hydrogen (secondary N) is 1. The SMILES string of the molecule is COC[C@@H](C)n1c(SCC(=O)Nc2sc3c(c2C#N)CCCC3)nc2ccccc2c1=O. The Morgan fingerprint density at radius 2 is 2.16 bits per heavy atom. The molecule has 0 spiro atoms. The zero-order valence-corrected chi connectivity index (χ0v) is 19.6. The highest BCUT2D eigenvalue weighted by Crippen LogP contribution is 2.37. The Labute approximate surface area is 194 Å². The number of hydrogen-bond acceptors (Lipinski definition) is 7. The number of benzene rings is 1. The first kappa shape index (κ1) is 22.5. The maximum atomic E-state index is 13.1. The summed E-state index contributed by atoms with van der Waals surface area (Å²) in [5.74, 6) is -0.142. The van der Waals surface area contributed by atoms with E-state index < -0.39 is 0 Å². The number of carbonyl (C=O) groups is 1. The van der Waals surface area contributed by atoms with E-state index in [4.69, 9.17) is 4.74 Å². The summed E-state index contributed by atoms with van der Waals surface area (Å²) >= 11 is 2.72. The van der Waals surface area contributed by atoms with Crippen LogP contribution in [0.1, 0.15) is 41.8 Å². The average Bonchev–Trinajstić information content (AvgIpc) is 3.14. The number of nitrogens with zero attached hydrogens (tertiary/aromatic N) is 3. The summed E-state index contributed by atoms with van der Waals surface area (Å²) in [4.78, 5) is 31.7. The number of thiophene rings is 1. The molecule has 0 saturated carbocycles. The van der Waals surface area contributed by atoms with Crippen molar-refractivity contribution < 1.29 is 9.53 Å². The lowest BCUT2D eigenvalue weighted by Gasteiger charge is -2.18. The summed E-state index contributed by atoms with van der Waals surface area (Å²) in [7, 11) is 1.59. The van der Waals surface area contributed by atoms with Gasteiger partial charge in [0.25, 0.3) is 5.56 Å². The van der Waals surface area contributed by atoms with Crippen molar-refractivity contribution in [2.24, 2.45) is 0 Å². The number of rotatable bonds is 7. The van der Waals surface area contributed by atoms with E-state index in [1.54, 1.807) is 23.8 Å². The average molecular weight is 469 g/mol. The van der Waals surface area contributed by atoms with Gasteiger partial charge in [-0.3, -0.25) is 14.2 Å². The van der Waals surface area contributed by atoms with Crippen LogP contribution in [-0.4, -0.2) is 34.9 Å². The van der Waals surface area contributed by atoms with Crippen LogP contribution in [0.3, 0.4) is 0 Å². The highest BCUT2D eigenvalue weighted by molar-refractivity contribution is 7.99. The zero-order valence-electron chi connectivity index (χ0n) is 18.0. The van der Waals surface area contributed by atoms with E-state index in [0.29, 0.717) is 33.2 Å². The molecule has 1 N–H and O–H groups in total. The van der Waals surface area contributed by atoms with Gasteiger partial charge in [-0.1, -0.05) is 23.9 Å². The van der Waals surface area contributed by atoms with Crippen LogP contribution < -0.4 is 10.9 Å². The summed E-state index contributed by atoms with van der Waals surface area (Å²) in [6.07, 6.45) is 4.05. The lowest BCUT2D eigenvalue weighted by molar-refractivity contribution is -0.113. The number of aromatic nitrogens is 2. The molecule has 9 heteroatoms. The fourth-order valence-electron chi connectivity index (χ4n) is 4.00. The largest absolute Gasteiger partial charge is 0.383 e. The molecular formula is C23H24N4O3S2. The third-order valence-electron chi connectivity index (χ3n) is 5.49. The van der Waals surface area contributed by atoms with Crippen molar-refractivity contribution in [2.75, 3.05) is 24.8 Å². The van der Waals surface area contributed by atoms with Crippen molar-refractivity contribution in [3.05, 3.63) is 50.6 Å². The quantitative estimate of drug-likeness (QED) is 0.413. The van der Waals surface area contributed by atoms with Gasteiger partial charge in [0.15, 0.2) is 5.16 Å². The molecule has 0 saturated heterocycles. The number of ether oxygens (including phenoxy) is 1. The second-order valence-electron chi connectivity index (χ2n) is 7.75. The number of hydrogen-bond donors (Lipinski definition) is 1. The summed E-state index contributed by atoms with van der Waals surface area (Å²) in [5, 5.41) is 14.1. The third kappa shape index (κ3) is 4.44. The Morgan fingerprint density at radius 1 is 1.38 bits per heavy atom. The lowest BCUT2D eigenvalue weighted by atomic mass is 9.96. The molecular weight excluding hydrogens is 444 g/mol. The number of thioether (sulfide) groups is 1. The van der Waals surface area contributed by atoms with Crippen LogP contribution in [0.15, 0.2) is 34.2 Å². The molecule has 2 heterocycles. The van der Waals surface area contributed by atoms with Crippen molar-refractivity contribution in [2.45, 2.75) is 43.8 Å². The molecule has 0 fully saturated rings. The molecule has 2 aromatic heterocycles. The van der Waals surface area contributed by atoms with E-state index in [0.717, 1.165) is 31.2 Å². The van der Waals surface area contributed by atoms with Crippen molar-refractivity contribution in [1.29, 1.82) is 5.26 Å². The topological polar surface area (TPSA) is 97.0 Å². The maximum absolute atomic E-state index is 13.1. The van der Waals surface area contributed by atoms with Gasteiger partial charge < -0.3 is 10.1 Å². The molecule has 32 heavy (non-hydrogen) atoms. The predicted octanol–water partition coefficient (Wildman–Crippen LogP) is 4.15. The summed E-state index contributed by atoms with van der Waals surface area (Å²) in [5.41, 5.74) is 2.13. The minimum Gasteiger partial charge on any atom is -0.383 e. The van der Waals surface area contributed by atoms with Gasteiger partial charge in [0.2, 0.25) is 5.91 Å². The smallest absolute Gasteiger partial charge is 0.262 e. The van der Waals surface area contributed by atoms with Crippen molar-refractivity contribution in [3.63, 3.8) is 0 Å². The van der Waals surface area contributed by atoms with E-state index in [1.807, 2.05) is 19.1 Å². The number of carbonyl (C=O) groups excluding carboxylic acids is 1. The molecule has 0 bridgehead atoms. The number of anilines is 1. The van der Waals surface area contributed by atoms with Crippen LogP contribution in [0.5, 0.6) is 0 Å². The van der Waals surface area contributed by atoms with Crippen molar-refractivity contribution in [1.82, 2.24) is 9.55 Å². The predicted molar refractivity (Wildman–Crippen MR) is 128 cm³/mol. The van der Waals surface area contributed by atoms with Crippen LogP contribution in [-0.2, 0) is 22.4 Å². The molecule has 0 aliphatic heterocycles. The maximum Gasteiger partial charge on any atom is 0.262 e. The Balaban J connectivity index is 1.57. The monoisotopic (exact) mass is 468 g/mol. The first-order valence-corrected chi connectivity index (χ1v) is 12.3. The summed E-state index contributed by atoms with van der Waals surface area (Å²) in [6.45, 7) is 2.24. The molecule has 1 aliphatic rings. The Bertz CT molecular complexity index is 1260. The van der Waals surface area contributed by atoms with Crippen LogP contribution in [0.2, 0.25) is 0 Å². The van der Waals surface area contributed by atoms with Gasteiger partial charge in [-0.05, 0) is 50.3 Å². The van der Waals surface area contributed by atoms with Gasteiger partial charge in [0.1, 0.15) is 11.1 Å². The molecule has 166 valence electrons. The first-order valence-electron chi connectivity index (χ1n) is 10.5. The van der Waals surface area contributed by atoms with E-state index in [2.05, 4.69) is 16.4 Å². The number of aryl methyl sites for hydroxylation is 1. The molecule has 1 amide bonds. The molecule has 0 radical (unpaired) electrons. The lowest BCUT2D eigenvalue weighted by Crippen LogP contribution is -2.29. The highest BCUT2D eigenvalue weighted by atomic mass is 32.2. The summed E-state index contributed by atoms with van der Waals surface area (Å²) in [6, 6.07) is 9.22. The second-order valence-corrected chi connectivity index (χ2v) is 9.80. The number of amides is 1. The van der Waals surface area contributed by atoms with E-state index in [-0.39, 0.29) is 23.3 Å². The Hall–Kier alpha value is -2.67. The highest BCUT2D eigenvalue weighted by Gasteiger charge is 2.22. The zero-order chi connectivity index (χ0) is 22.7. The number of para-hydroxylation sites is 1. The molecule has 3 aromatic rings. The normalized spacial score (nSPS) is 14.0. The fraction of sp³-hybridized carbons (Fsp3) is 0.391. The molecule has 1 aliphatic carbocycles. The molecule has 4 rings (SSSR count). The molecule has 1 aromatic carbocycles. The first-order chi connectivity index (χ1) is 15.5. The van der Waals surface area contributed by atoms with E-state index >= 15 is 0 Å². The number of methoxy groups -OCH3 is 1. The van der Waals surface area contributed by atoms with E-state index in [1.165, 1.54) is 28.0 Å². The molecule has 7 nitrogen and oxygen atoms in total. The number of fused-ring (bicyclic) bond motifs is 2. The van der Waals surface area contributed by atoms with Crippen LogP contribution >= 0.6 is 23.1 Å². The summed E-state index contributed by atoms with van der Waals surface area (Å²) < 4.78 is 6.84. The van der Waals surface area contributed by atoms with Gasteiger partial charge in [-0.2, -0.15) is 5.26 Å². The van der Waals surface area contributed by atoms with Gasteiger partial charge in [-0.15, -0.1) is 11.3 Å². The van der Waals surface area contributed by atoms with Crippen LogP contribution in [0.4, 0.5) is 5.00 Å². The van der Waals surface area contributed by atoms with Gasteiger partial charge in [0.05, 0.1) is 34.9 Å². The Morgan fingerprint density at radius 3 is 2.94 bits per heavy atom. The molecule has 1 atom stereocenters.